The molecule has 6 N–H and O–H groups in total. The van der Waals surface area contributed by atoms with Crippen molar-refractivity contribution in [1.82, 2.24) is 0 Å². The minimum Gasteiger partial charge on any atom is -0.478 e. The van der Waals surface area contributed by atoms with Gasteiger partial charge in [-0.1, -0.05) is 15.9 Å². The summed E-state index contributed by atoms with van der Waals surface area (Å²) in [5.74, 6) is -1.04. The summed E-state index contributed by atoms with van der Waals surface area (Å²) in [6.45, 7) is 0.496. The second-order valence-corrected chi connectivity index (χ2v) is 6.19. The zero-order valence-electron chi connectivity index (χ0n) is 10.9. The number of aromatic carboxylic acids is 1. The zero-order valence-corrected chi connectivity index (χ0v) is 14.0. The molecule has 0 bridgehead atoms. The Balaban J connectivity index is 2.17. The lowest BCUT2D eigenvalue weighted by molar-refractivity contribution is 0.0698. The lowest BCUT2D eigenvalue weighted by atomic mass is 10.1. The van der Waals surface area contributed by atoms with E-state index in [2.05, 4.69) is 37.2 Å². The Morgan fingerprint density at radius 3 is 2.52 bits per heavy atom. The van der Waals surface area contributed by atoms with E-state index in [-0.39, 0.29) is 11.3 Å². The van der Waals surface area contributed by atoms with E-state index in [1.807, 2.05) is 12.1 Å². The SMILES string of the molecule is Nc1cc(NCc2cc(Br)cc(Br)c2N)ccc1C(=O)O. The van der Waals surface area contributed by atoms with E-state index >= 15 is 0 Å². The number of rotatable bonds is 4. The van der Waals surface area contributed by atoms with Gasteiger partial charge in [0.1, 0.15) is 0 Å². The maximum Gasteiger partial charge on any atom is 0.337 e. The number of halogens is 2. The van der Waals surface area contributed by atoms with E-state index in [1.54, 1.807) is 12.1 Å². The highest BCUT2D eigenvalue weighted by molar-refractivity contribution is 9.11. The third-order valence-corrected chi connectivity index (χ3v) is 4.06. The van der Waals surface area contributed by atoms with Crippen LogP contribution in [0.25, 0.3) is 0 Å². The van der Waals surface area contributed by atoms with E-state index in [9.17, 15) is 4.79 Å². The first-order valence-electron chi connectivity index (χ1n) is 5.98. The molecule has 0 aliphatic rings. The molecule has 0 atom stereocenters. The number of anilines is 3. The van der Waals surface area contributed by atoms with Crippen molar-refractivity contribution >= 4 is 54.9 Å². The molecule has 2 rings (SSSR count). The van der Waals surface area contributed by atoms with Crippen LogP contribution in [-0.2, 0) is 6.54 Å². The molecule has 0 fully saturated rings. The van der Waals surface area contributed by atoms with Gasteiger partial charge in [-0.3, -0.25) is 0 Å². The molecule has 0 saturated heterocycles. The van der Waals surface area contributed by atoms with Gasteiger partial charge in [0, 0.05) is 26.9 Å². The first kappa shape index (κ1) is 15.7. The molecule has 2 aromatic rings. The van der Waals surface area contributed by atoms with E-state index in [4.69, 9.17) is 16.6 Å². The van der Waals surface area contributed by atoms with Crippen molar-refractivity contribution in [2.75, 3.05) is 16.8 Å². The van der Waals surface area contributed by atoms with E-state index in [1.165, 1.54) is 6.07 Å². The summed E-state index contributed by atoms with van der Waals surface area (Å²) in [6, 6.07) is 8.52. The van der Waals surface area contributed by atoms with Crippen molar-refractivity contribution < 1.29 is 9.90 Å². The molecule has 0 heterocycles. The van der Waals surface area contributed by atoms with Crippen molar-refractivity contribution in [3.8, 4) is 0 Å². The molecule has 0 saturated carbocycles. The molecule has 7 heteroatoms. The van der Waals surface area contributed by atoms with Gasteiger partial charge in [-0.15, -0.1) is 0 Å². The highest BCUT2D eigenvalue weighted by Crippen LogP contribution is 2.29. The fourth-order valence-corrected chi connectivity index (χ4v) is 3.16. The van der Waals surface area contributed by atoms with Crippen molar-refractivity contribution in [3.05, 3.63) is 50.4 Å². The Bertz CT molecular complexity index is 705. The van der Waals surface area contributed by atoms with Crippen LogP contribution in [0.5, 0.6) is 0 Å². The highest BCUT2D eigenvalue weighted by Gasteiger charge is 2.09. The molecule has 0 aromatic heterocycles. The van der Waals surface area contributed by atoms with Crippen LogP contribution < -0.4 is 16.8 Å². The predicted octanol–water partition coefficient (Wildman–Crippen LogP) is 3.69. The van der Waals surface area contributed by atoms with Crippen LogP contribution in [0.4, 0.5) is 17.1 Å². The molecule has 0 radical (unpaired) electrons. The summed E-state index contributed by atoms with van der Waals surface area (Å²) < 4.78 is 1.73. The van der Waals surface area contributed by atoms with Crippen LogP contribution in [0.15, 0.2) is 39.3 Å². The molecule has 0 spiro atoms. The second kappa shape index (κ2) is 6.36. The molecule has 0 aliphatic carbocycles. The minimum atomic E-state index is -1.04. The number of hydrogen-bond acceptors (Lipinski definition) is 4. The van der Waals surface area contributed by atoms with Gasteiger partial charge in [-0.2, -0.15) is 0 Å². The Morgan fingerprint density at radius 2 is 1.90 bits per heavy atom. The Kier molecular flexibility index (Phi) is 4.74. The Morgan fingerprint density at radius 1 is 1.19 bits per heavy atom. The zero-order chi connectivity index (χ0) is 15.6. The average Bonchev–Trinajstić information content (AvgIpc) is 2.40. The van der Waals surface area contributed by atoms with E-state index in [0.717, 1.165) is 20.2 Å². The first-order chi connectivity index (χ1) is 9.88. The largest absolute Gasteiger partial charge is 0.478 e. The van der Waals surface area contributed by atoms with Gasteiger partial charge in [-0.05, 0) is 51.8 Å². The molecular formula is C14H13Br2N3O2. The van der Waals surface area contributed by atoms with Gasteiger partial charge in [-0.25, -0.2) is 4.79 Å². The number of carboxylic acid groups (broad SMARTS) is 1. The van der Waals surface area contributed by atoms with Crippen LogP contribution in [-0.4, -0.2) is 11.1 Å². The van der Waals surface area contributed by atoms with Crippen molar-refractivity contribution in [2.45, 2.75) is 6.54 Å². The number of nitrogens with one attached hydrogen (secondary N) is 1. The van der Waals surface area contributed by atoms with Gasteiger partial charge in [0.05, 0.1) is 11.3 Å². The fourth-order valence-electron chi connectivity index (χ4n) is 1.85. The van der Waals surface area contributed by atoms with Gasteiger partial charge in [0.25, 0.3) is 0 Å². The summed E-state index contributed by atoms with van der Waals surface area (Å²) in [4.78, 5) is 10.9. The third kappa shape index (κ3) is 3.68. The molecule has 21 heavy (non-hydrogen) atoms. The Hall–Kier alpha value is -1.73. The lowest BCUT2D eigenvalue weighted by Crippen LogP contribution is -2.06. The summed E-state index contributed by atoms with van der Waals surface area (Å²) in [5.41, 5.74) is 14.3. The number of nitrogens with two attached hydrogens (primary N) is 2. The fraction of sp³-hybridized carbons (Fsp3) is 0.0714. The summed E-state index contributed by atoms with van der Waals surface area (Å²) >= 11 is 6.80. The van der Waals surface area contributed by atoms with Crippen molar-refractivity contribution in [2.24, 2.45) is 0 Å². The normalized spacial score (nSPS) is 10.4. The van der Waals surface area contributed by atoms with Crippen molar-refractivity contribution in [3.63, 3.8) is 0 Å². The number of carbonyl (C=O) groups is 1. The van der Waals surface area contributed by atoms with Crippen LogP contribution in [0.2, 0.25) is 0 Å². The van der Waals surface area contributed by atoms with Crippen LogP contribution in [0.3, 0.4) is 0 Å². The predicted molar refractivity (Wildman–Crippen MR) is 91.4 cm³/mol. The summed E-state index contributed by atoms with van der Waals surface area (Å²) in [5, 5.41) is 12.1. The van der Waals surface area contributed by atoms with Gasteiger partial charge in [0.15, 0.2) is 0 Å². The average molecular weight is 415 g/mol. The topological polar surface area (TPSA) is 101 Å². The molecule has 0 amide bonds. The molecule has 5 nitrogen and oxygen atoms in total. The molecule has 110 valence electrons. The van der Waals surface area contributed by atoms with Crippen LogP contribution in [0, 0.1) is 0 Å². The van der Waals surface area contributed by atoms with Gasteiger partial charge < -0.3 is 21.9 Å². The molecular weight excluding hydrogens is 402 g/mol. The number of hydrogen-bond donors (Lipinski definition) is 4. The first-order valence-corrected chi connectivity index (χ1v) is 7.57. The Labute approximate surface area is 138 Å². The van der Waals surface area contributed by atoms with Gasteiger partial charge in [0.2, 0.25) is 0 Å². The highest BCUT2D eigenvalue weighted by atomic mass is 79.9. The quantitative estimate of drug-likeness (QED) is 0.571. The van der Waals surface area contributed by atoms with Crippen LogP contribution >= 0.6 is 31.9 Å². The molecule has 2 aromatic carbocycles. The maximum absolute atomic E-state index is 10.9. The monoisotopic (exact) mass is 413 g/mol. The smallest absolute Gasteiger partial charge is 0.337 e. The lowest BCUT2D eigenvalue weighted by Gasteiger charge is -2.12. The molecule has 0 aliphatic heterocycles. The second-order valence-electron chi connectivity index (χ2n) is 4.42. The molecule has 0 unspecified atom stereocenters. The van der Waals surface area contributed by atoms with E-state index < -0.39 is 5.97 Å². The minimum absolute atomic E-state index is 0.0882. The summed E-state index contributed by atoms with van der Waals surface area (Å²) in [7, 11) is 0. The van der Waals surface area contributed by atoms with Gasteiger partial charge >= 0.3 is 5.97 Å². The number of benzene rings is 2. The standard InChI is InChI=1S/C14H13Br2N3O2/c15-8-3-7(13(18)11(16)4-8)6-19-9-1-2-10(14(20)21)12(17)5-9/h1-5,19H,6,17-18H2,(H,20,21). The third-order valence-electron chi connectivity index (χ3n) is 2.94. The number of nitrogen functional groups attached to an aromatic ring is 2. The van der Waals surface area contributed by atoms with E-state index in [0.29, 0.717) is 12.2 Å². The summed E-state index contributed by atoms with van der Waals surface area (Å²) in [6.07, 6.45) is 0. The van der Waals surface area contributed by atoms with Crippen LogP contribution in [0.1, 0.15) is 15.9 Å². The maximum atomic E-state index is 10.9. The van der Waals surface area contributed by atoms with Crippen molar-refractivity contribution in [1.29, 1.82) is 0 Å². The number of carboxylic acids is 1.